The molecule has 1 fully saturated rings. The molecule has 1 amide bonds. The molecule has 0 N–H and O–H groups in total. The zero-order valence-corrected chi connectivity index (χ0v) is 20.1. The van der Waals surface area contributed by atoms with Crippen molar-refractivity contribution in [2.45, 2.75) is 71.8 Å². The molecular weight excluding hydrogens is 420 g/mol. The lowest BCUT2D eigenvalue weighted by molar-refractivity contribution is 0.0702. The van der Waals surface area contributed by atoms with Gasteiger partial charge in [0.15, 0.2) is 11.5 Å². The molecule has 1 aromatic carbocycles. The van der Waals surface area contributed by atoms with Gasteiger partial charge in [0.05, 0.1) is 19.8 Å². The fourth-order valence-corrected chi connectivity index (χ4v) is 4.88. The maximum absolute atomic E-state index is 13.6. The summed E-state index contributed by atoms with van der Waals surface area (Å²) in [6.45, 7) is 9.57. The zero-order valence-electron chi connectivity index (χ0n) is 20.1. The van der Waals surface area contributed by atoms with Crippen LogP contribution in [-0.2, 0) is 13.0 Å². The highest BCUT2D eigenvalue weighted by molar-refractivity contribution is 5.95. The van der Waals surface area contributed by atoms with Crippen LogP contribution in [0, 0.1) is 0 Å². The van der Waals surface area contributed by atoms with Crippen molar-refractivity contribution in [1.29, 1.82) is 0 Å². The van der Waals surface area contributed by atoms with Crippen molar-refractivity contribution in [2.24, 2.45) is 0 Å². The Labute approximate surface area is 196 Å². The van der Waals surface area contributed by atoms with Crippen LogP contribution in [0.1, 0.15) is 80.8 Å². The number of carbonyl (C=O) groups is 1. The quantitative estimate of drug-likeness (QED) is 0.592. The number of hydrogen-bond donors (Lipinski definition) is 0. The van der Waals surface area contributed by atoms with Gasteiger partial charge in [0, 0.05) is 37.5 Å². The molecule has 1 atom stereocenters. The average molecular weight is 457 g/mol. The minimum atomic E-state index is -0.0136. The van der Waals surface area contributed by atoms with Crippen molar-refractivity contribution in [2.75, 3.05) is 32.9 Å². The number of benzene rings is 1. The molecule has 1 saturated heterocycles. The lowest BCUT2D eigenvalue weighted by Crippen LogP contribution is -2.39. The van der Waals surface area contributed by atoms with E-state index in [0.29, 0.717) is 49.2 Å². The smallest absolute Gasteiger partial charge is 0.254 e. The minimum absolute atomic E-state index is 0.0136. The predicted octanol–water partition coefficient (Wildman–Crippen LogP) is 4.22. The normalized spacial score (nSPS) is 18.4. The topological polar surface area (TPSA) is 78.7 Å². The molecule has 2 aliphatic rings. The summed E-state index contributed by atoms with van der Waals surface area (Å²) in [5, 5.41) is 9.03. The fraction of sp³-hybridized carbons (Fsp3) is 0.640. The van der Waals surface area contributed by atoms with Gasteiger partial charge in [-0.05, 0) is 58.6 Å². The van der Waals surface area contributed by atoms with E-state index < -0.39 is 0 Å². The summed E-state index contributed by atoms with van der Waals surface area (Å²) < 4.78 is 19.7. The Morgan fingerprint density at radius 3 is 2.36 bits per heavy atom. The molecule has 0 saturated carbocycles. The number of ether oxygens (including phenoxy) is 3. The molecule has 0 spiro atoms. The van der Waals surface area contributed by atoms with Crippen LogP contribution in [0.4, 0.5) is 0 Å². The SMILES string of the molecule is CCOc1cc(C(=O)N2CCCC(c3nnc4n3CCCCC4)C2)cc(OCC)c1OCC. The van der Waals surface area contributed by atoms with Crippen molar-refractivity contribution in [3.05, 3.63) is 29.3 Å². The standard InChI is InChI=1S/C25H36N4O4/c1-4-31-20-15-19(16-21(32-5-2)23(20)33-6-3)25(30)28-13-10-11-18(17-28)24-27-26-22-12-8-7-9-14-29(22)24/h15-16,18H,4-14,17H2,1-3H3. The first-order valence-electron chi connectivity index (χ1n) is 12.4. The van der Waals surface area contributed by atoms with Gasteiger partial charge >= 0.3 is 0 Å². The molecule has 3 heterocycles. The Balaban J connectivity index is 1.58. The van der Waals surface area contributed by atoms with Crippen LogP contribution in [0.15, 0.2) is 12.1 Å². The van der Waals surface area contributed by atoms with Gasteiger partial charge in [0.25, 0.3) is 5.91 Å². The van der Waals surface area contributed by atoms with Crippen molar-refractivity contribution in [1.82, 2.24) is 19.7 Å². The van der Waals surface area contributed by atoms with Crippen LogP contribution in [0.5, 0.6) is 17.2 Å². The van der Waals surface area contributed by atoms with Gasteiger partial charge in [-0.25, -0.2) is 0 Å². The summed E-state index contributed by atoms with van der Waals surface area (Å²) in [6.07, 6.45) is 6.55. The summed E-state index contributed by atoms with van der Waals surface area (Å²) in [5.41, 5.74) is 0.561. The molecular formula is C25H36N4O4. The Hall–Kier alpha value is -2.77. The number of nitrogens with zero attached hydrogens (tertiary/aromatic N) is 4. The Morgan fingerprint density at radius 2 is 1.67 bits per heavy atom. The van der Waals surface area contributed by atoms with Gasteiger partial charge < -0.3 is 23.7 Å². The number of carbonyl (C=O) groups excluding carboxylic acids is 1. The van der Waals surface area contributed by atoms with Crippen LogP contribution >= 0.6 is 0 Å². The van der Waals surface area contributed by atoms with Gasteiger partial charge in [-0.1, -0.05) is 6.42 Å². The van der Waals surface area contributed by atoms with E-state index in [1.54, 1.807) is 12.1 Å². The van der Waals surface area contributed by atoms with Gasteiger partial charge in [-0.15, -0.1) is 10.2 Å². The highest BCUT2D eigenvalue weighted by atomic mass is 16.5. The van der Waals surface area contributed by atoms with E-state index in [-0.39, 0.29) is 11.8 Å². The van der Waals surface area contributed by atoms with Crippen molar-refractivity contribution in [3.63, 3.8) is 0 Å². The van der Waals surface area contributed by atoms with E-state index in [0.717, 1.165) is 44.0 Å². The number of likely N-dealkylation sites (tertiary alicyclic amines) is 1. The third-order valence-corrected chi connectivity index (χ3v) is 6.37. The number of piperidine rings is 1. The van der Waals surface area contributed by atoms with E-state index in [1.165, 1.54) is 19.3 Å². The van der Waals surface area contributed by atoms with Crippen LogP contribution in [-0.4, -0.2) is 58.5 Å². The molecule has 180 valence electrons. The first kappa shape index (κ1) is 23.4. The average Bonchev–Trinajstić information content (AvgIpc) is 3.09. The zero-order chi connectivity index (χ0) is 23.2. The van der Waals surface area contributed by atoms with Crippen molar-refractivity contribution >= 4 is 5.91 Å². The summed E-state index contributed by atoms with van der Waals surface area (Å²) in [5.74, 6) is 3.99. The van der Waals surface area contributed by atoms with Gasteiger partial charge in [0.2, 0.25) is 5.75 Å². The largest absolute Gasteiger partial charge is 0.490 e. The van der Waals surface area contributed by atoms with Crippen LogP contribution < -0.4 is 14.2 Å². The minimum Gasteiger partial charge on any atom is -0.490 e. The summed E-state index contributed by atoms with van der Waals surface area (Å²) in [7, 11) is 0. The number of rotatable bonds is 8. The fourth-order valence-electron chi connectivity index (χ4n) is 4.88. The highest BCUT2D eigenvalue weighted by Crippen LogP contribution is 2.40. The number of amides is 1. The monoisotopic (exact) mass is 456 g/mol. The van der Waals surface area contributed by atoms with Gasteiger partial charge in [-0.3, -0.25) is 4.79 Å². The van der Waals surface area contributed by atoms with E-state index in [2.05, 4.69) is 14.8 Å². The second kappa shape index (κ2) is 10.9. The summed E-state index contributed by atoms with van der Waals surface area (Å²) in [4.78, 5) is 15.5. The van der Waals surface area contributed by atoms with Crippen LogP contribution in [0.2, 0.25) is 0 Å². The number of hydrogen-bond acceptors (Lipinski definition) is 6. The molecule has 0 bridgehead atoms. The second-order valence-electron chi connectivity index (χ2n) is 8.63. The number of aromatic nitrogens is 3. The molecule has 1 unspecified atom stereocenters. The highest BCUT2D eigenvalue weighted by Gasteiger charge is 2.31. The first-order chi connectivity index (χ1) is 16.2. The maximum Gasteiger partial charge on any atom is 0.254 e. The lowest BCUT2D eigenvalue weighted by Gasteiger charge is -2.32. The molecule has 0 aliphatic carbocycles. The molecule has 33 heavy (non-hydrogen) atoms. The van der Waals surface area contributed by atoms with Gasteiger partial charge in [0.1, 0.15) is 11.6 Å². The molecule has 4 rings (SSSR count). The van der Waals surface area contributed by atoms with E-state index in [9.17, 15) is 4.79 Å². The Bertz CT molecular complexity index is 931. The lowest BCUT2D eigenvalue weighted by atomic mass is 9.96. The van der Waals surface area contributed by atoms with Crippen LogP contribution in [0.3, 0.4) is 0 Å². The summed E-state index contributed by atoms with van der Waals surface area (Å²) in [6, 6.07) is 3.57. The summed E-state index contributed by atoms with van der Waals surface area (Å²) >= 11 is 0. The van der Waals surface area contributed by atoms with Crippen LogP contribution in [0.25, 0.3) is 0 Å². The first-order valence-corrected chi connectivity index (χ1v) is 12.4. The molecule has 0 radical (unpaired) electrons. The molecule has 8 heteroatoms. The van der Waals surface area contributed by atoms with E-state index in [1.807, 2.05) is 25.7 Å². The van der Waals surface area contributed by atoms with Crippen molar-refractivity contribution in [3.8, 4) is 17.2 Å². The third kappa shape index (κ3) is 5.09. The third-order valence-electron chi connectivity index (χ3n) is 6.37. The maximum atomic E-state index is 13.6. The second-order valence-corrected chi connectivity index (χ2v) is 8.63. The van der Waals surface area contributed by atoms with E-state index >= 15 is 0 Å². The molecule has 8 nitrogen and oxygen atoms in total. The Morgan fingerprint density at radius 1 is 0.939 bits per heavy atom. The van der Waals surface area contributed by atoms with E-state index in [4.69, 9.17) is 14.2 Å². The van der Waals surface area contributed by atoms with Gasteiger partial charge in [-0.2, -0.15) is 0 Å². The van der Waals surface area contributed by atoms with Crippen molar-refractivity contribution < 1.29 is 19.0 Å². The molecule has 1 aromatic heterocycles. The number of aryl methyl sites for hydroxylation is 1. The predicted molar refractivity (Wildman–Crippen MR) is 125 cm³/mol. The molecule has 2 aromatic rings. The molecule has 2 aliphatic heterocycles. The Kier molecular flexibility index (Phi) is 7.73. The number of fused-ring (bicyclic) bond motifs is 1.